The maximum absolute atomic E-state index is 8.91. The predicted molar refractivity (Wildman–Crippen MR) is 78.5 cm³/mol. The van der Waals surface area contributed by atoms with E-state index in [2.05, 4.69) is 13.0 Å². The Morgan fingerprint density at radius 1 is 1.16 bits per heavy atom. The van der Waals surface area contributed by atoms with Crippen LogP contribution in [0.15, 0.2) is 47.7 Å². The lowest BCUT2D eigenvalue weighted by Gasteiger charge is -2.18. The minimum atomic E-state index is 0.160. The Bertz CT molecular complexity index is 474. The molecule has 2 rings (SSSR count). The zero-order chi connectivity index (χ0) is 13.7. The Kier molecular flexibility index (Phi) is 4.63. The van der Waals surface area contributed by atoms with E-state index in [0.29, 0.717) is 6.54 Å². The van der Waals surface area contributed by atoms with E-state index in [-0.39, 0.29) is 6.61 Å². The summed E-state index contributed by atoms with van der Waals surface area (Å²) in [5, 5.41) is 8.91. The second kappa shape index (κ2) is 6.43. The van der Waals surface area contributed by atoms with Crippen molar-refractivity contribution in [3.63, 3.8) is 0 Å². The number of aliphatic hydroxyl groups is 1. The highest BCUT2D eigenvalue weighted by Gasteiger charge is 2.06. The van der Waals surface area contributed by atoms with Gasteiger partial charge in [-0.3, -0.25) is 0 Å². The minimum Gasteiger partial charge on any atom is -0.462 e. The summed E-state index contributed by atoms with van der Waals surface area (Å²) < 4.78 is 5.85. The number of hydrogen-bond donors (Lipinski definition) is 1. The van der Waals surface area contributed by atoms with Gasteiger partial charge in [0.05, 0.1) is 6.61 Å². The Morgan fingerprint density at radius 3 is 2.47 bits per heavy atom. The number of anilines is 1. The number of benzene rings is 1. The van der Waals surface area contributed by atoms with Crippen LogP contribution in [0.3, 0.4) is 0 Å². The number of hydrogen-bond acceptors (Lipinski definition) is 3. The molecule has 0 spiro atoms. The molecule has 0 aromatic heterocycles. The number of nitrogens with zero attached hydrogens (tertiary/aromatic N) is 1. The van der Waals surface area contributed by atoms with Gasteiger partial charge in [-0.05, 0) is 43.7 Å². The summed E-state index contributed by atoms with van der Waals surface area (Å²) >= 11 is 0. The number of likely N-dealkylation sites (N-methyl/N-ethyl adjacent to an activating group) is 1. The molecule has 19 heavy (non-hydrogen) atoms. The molecular weight excluding hydrogens is 238 g/mol. The van der Waals surface area contributed by atoms with E-state index >= 15 is 0 Å². The summed E-state index contributed by atoms with van der Waals surface area (Å²) in [6.45, 7) is 2.93. The SMILES string of the molecule is CC1=CC=C(Oc2ccc(N(C)CCO)cc2)CC1. The molecule has 0 heterocycles. The molecule has 1 N–H and O–H groups in total. The van der Waals surface area contributed by atoms with Gasteiger partial charge >= 0.3 is 0 Å². The lowest BCUT2D eigenvalue weighted by molar-refractivity contribution is 0.304. The van der Waals surface area contributed by atoms with E-state index in [1.54, 1.807) is 0 Å². The van der Waals surface area contributed by atoms with Gasteiger partial charge in [-0.15, -0.1) is 0 Å². The molecule has 0 atom stereocenters. The Labute approximate surface area is 114 Å². The summed E-state index contributed by atoms with van der Waals surface area (Å²) in [7, 11) is 1.96. The molecule has 1 aromatic rings. The Morgan fingerprint density at radius 2 is 1.89 bits per heavy atom. The third kappa shape index (κ3) is 3.86. The molecule has 0 fully saturated rings. The fourth-order valence-electron chi connectivity index (χ4n) is 2.01. The van der Waals surface area contributed by atoms with Crippen molar-refractivity contribution in [2.75, 3.05) is 25.1 Å². The van der Waals surface area contributed by atoms with Gasteiger partial charge in [-0.1, -0.05) is 11.6 Å². The first-order chi connectivity index (χ1) is 9.19. The molecule has 0 saturated carbocycles. The summed E-state index contributed by atoms with van der Waals surface area (Å²) in [6.07, 6.45) is 6.20. The molecule has 0 unspecified atom stereocenters. The first-order valence-electron chi connectivity index (χ1n) is 6.65. The van der Waals surface area contributed by atoms with Crippen LogP contribution in [-0.2, 0) is 0 Å². The molecular formula is C16H21NO2. The van der Waals surface area contributed by atoms with Gasteiger partial charge in [-0.25, -0.2) is 0 Å². The Balaban J connectivity index is 1.99. The van der Waals surface area contributed by atoms with E-state index in [0.717, 1.165) is 30.0 Å². The van der Waals surface area contributed by atoms with Gasteiger partial charge in [0, 0.05) is 25.7 Å². The van der Waals surface area contributed by atoms with Crippen LogP contribution in [0.4, 0.5) is 5.69 Å². The summed E-state index contributed by atoms with van der Waals surface area (Å²) in [5.41, 5.74) is 2.48. The van der Waals surface area contributed by atoms with Crippen LogP contribution >= 0.6 is 0 Å². The van der Waals surface area contributed by atoms with E-state index in [9.17, 15) is 0 Å². The molecule has 0 saturated heterocycles. The fourth-order valence-corrected chi connectivity index (χ4v) is 2.01. The van der Waals surface area contributed by atoms with Crippen molar-refractivity contribution in [2.24, 2.45) is 0 Å². The van der Waals surface area contributed by atoms with Crippen LogP contribution < -0.4 is 9.64 Å². The molecule has 0 bridgehead atoms. The standard InChI is InChI=1S/C16H21NO2/c1-13-3-7-15(8-4-13)19-16-9-5-14(6-10-16)17(2)11-12-18/h3,5-7,9-10,18H,4,8,11-12H2,1-2H3. The monoisotopic (exact) mass is 259 g/mol. The first kappa shape index (κ1) is 13.7. The van der Waals surface area contributed by atoms with Crippen molar-refractivity contribution >= 4 is 5.69 Å². The van der Waals surface area contributed by atoms with E-state index < -0.39 is 0 Å². The average molecular weight is 259 g/mol. The zero-order valence-corrected chi connectivity index (χ0v) is 11.6. The fraction of sp³-hybridized carbons (Fsp3) is 0.375. The van der Waals surface area contributed by atoms with Gasteiger partial charge < -0.3 is 14.7 Å². The van der Waals surface area contributed by atoms with Crippen LogP contribution in [0.5, 0.6) is 5.75 Å². The number of aliphatic hydroxyl groups excluding tert-OH is 1. The highest BCUT2D eigenvalue weighted by Crippen LogP contribution is 2.24. The third-order valence-electron chi connectivity index (χ3n) is 3.28. The van der Waals surface area contributed by atoms with Crippen molar-refractivity contribution in [3.8, 4) is 5.75 Å². The lowest BCUT2D eigenvalue weighted by atomic mass is 10.1. The number of allylic oxidation sites excluding steroid dienone is 4. The summed E-state index contributed by atoms with van der Waals surface area (Å²) in [4.78, 5) is 2.01. The van der Waals surface area contributed by atoms with E-state index in [1.165, 1.54) is 5.57 Å². The van der Waals surface area contributed by atoms with Crippen molar-refractivity contribution in [3.05, 3.63) is 47.7 Å². The first-order valence-corrected chi connectivity index (χ1v) is 6.65. The lowest BCUT2D eigenvalue weighted by Crippen LogP contribution is -2.20. The highest BCUT2D eigenvalue weighted by atomic mass is 16.5. The van der Waals surface area contributed by atoms with Gasteiger partial charge in [0.15, 0.2) is 0 Å². The smallest absolute Gasteiger partial charge is 0.127 e. The zero-order valence-electron chi connectivity index (χ0n) is 11.6. The van der Waals surface area contributed by atoms with Gasteiger partial charge in [0.1, 0.15) is 11.5 Å². The highest BCUT2D eigenvalue weighted by molar-refractivity contribution is 5.48. The maximum atomic E-state index is 8.91. The van der Waals surface area contributed by atoms with Crippen molar-refractivity contribution in [1.82, 2.24) is 0 Å². The van der Waals surface area contributed by atoms with Crippen LogP contribution in [0.2, 0.25) is 0 Å². The average Bonchev–Trinajstić information content (AvgIpc) is 2.42. The van der Waals surface area contributed by atoms with Gasteiger partial charge in [-0.2, -0.15) is 0 Å². The van der Waals surface area contributed by atoms with E-state index in [4.69, 9.17) is 9.84 Å². The second-order valence-corrected chi connectivity index (χ2v) is 4.89. The topological polar surface area (TPSA) is 32.7 Å². The quantitative estimate of drug-likeness (QED) is 0.882. The van der Waals surface area contributed by atoms with Gasteiger partial charge in [0.2, 0.25) is 0 Å². The van der Waals surface area contributed by atoms with Crippen molar-refractivity contribution in [1.29, 1.82) is 0 Å². The van der Waals surface area contributed by atoms with Crippen LogP contribution in [0.25, 0.3) is 0 Å². The molecule has 102 valence electrons. The number of rotatable bonds is 5. The molecule has 0 amide bonds. The van der Waals surface area contributed by atoms with Crippen molar-refractivity contribution in [2.45, 2.75) is 19.8 Å². The normalized spacial score (nSPS) is 14.7. The molecule has 1 aliphatic rings. The molecule has 0 aliphatic heterocycles. The largest absolute Gasteiger partial charge is 0.462 e. The van der Waals surface area contributed by atoms with E-state index in [1.807, 2.05) is 42.3 Å². The Hall–Kier alpha value is -1.74. The maximum Gasteiger partial charge on any atom is 0.127 e. The molecule has 3 nitrogen and oxygen atoms in total. The number of ether oxygens (including phenoxy) is 1. The molecule has 0 radical (unpaired) electrons. The molecule has 3 heteroatoms. The van der Waals surface area contributed by atoms with Crippen LogP contribution in [0, 0.1) is 0 Å². The summed E-state index contributed by atoms with van der Waals surface area (Å²) in [6, 6.07) is 7.95. The molecule has 1 aromatic carbocycles. The van der Waals surface area contributed by atoms with Crippen LogP contribution in [-0.4, -0.2) is 25.3 Å². The van der Waals surface area contributed by atoms with Gasteiger partial charge in [0.25, 0.3) is 0 Å². The summed E-state index contributed by atoms with van der Waals surface area (Å²) in [5.74, 6) is 1.88. The predicted octanol–water partition coefficient (Wildman–Crippen LogP) is 3.12. The third-order valence-corrected chi connectivity index (χ3v) is 3.28. The second-order valence-electron chi connectivity index (χ2n) is 4.89. The minimum absolute atomic E-state index is 0.160. The van der Waals surface area contributed by atoms with Crippen LogP contribution in [0.1, 0.15) is 19.8 Å². The van der Waals surface area contributed by atoms with Crippen molar-refractivity contribution < 1.29 is 9.84 Å². The molecule has 1 aliphatic carbocycles.